The van der Waals surface area contributed by atoms with Crippen LogP contribution in [0.15, 0.2) is 0 Å². The number of piperidine rings is 1. The first-order chi connectivity index (χ1) is 8.75. The minimum Gasteiger partial charge on any atom is -0.312 e. The predicted octanol–water partition coefficient (Wildman–Crippen LogP) is 1.27. The van der Waals surface area contributed by atoms with Gasteiger partial charge in [-0.05, 0) is 59.0 Å². The molecule has 2 saturated heterocycles. The van der Waals surface area contributed by atoms with E-state index in [9.17, 15) is 8.42 Å². The van der Waals surface area contributed by atoms with Crippen LogP contribution in [-0.2, 0) is 9.84 Å². The van der Waals surface area contributed by atoms with Gasteiger partial charge in [0.25, 0.3) is 0 Å². The van der Waals surface area contributed by atoms with Crippen LogP contribution in [-0.4, -0.2) is 56.0 Å². The Balaban J connectivity index is 1.84. The lowest BCUT2D eigenvalue weighted by molar-refractivity contribution is 0.129. The molecule has 112 valence electrons. The first kappa shape index (κ1) is 15.3. The summed E-state index contributed by atoms with van der Waals surface area (Å²) in [5, 5.41) is 3.57. The lowest BCUT2D eigenvalue weighted by Gasteiger charge is -2.37. The largest absolute Gasteiger partial charge is 0.312 e. The summed E-state index contributed by atoms with van der Waals surface area (Å²) in [6.07, 6.45) is 3.30. The van der Waals surface area contributed by atoms with Gasteiger partial charge in [0.15, 0.2) is 9.84 Å². The van der Waals surface area contributed by atoms with Crippen molar-refractivity contribution in [2.75, 3.05) is 31.1 Å². The maximum atomic E-state index is 11.6. The fourth-order valence-electron chi connectivity index (χ4n) is 3.11. The maximum Gasteiger partial charge on any atom is 0.151 e. The molecule has 2 unspecified atom stereocenters. The zero-order valence-electron chi connectivity index (χ0n) is 12.5. The molecule has 0 bridgehead atoms. The molecule has 0 spiro atoms. The number of likely N-dealkylation sites (tertiary alicyclic amines) is 1. The van der Waals surface area contributed by atoms with E-state index in [1.807, 2.05) is 0 Å². The quantitative estimate of drug-likeness (QED) is 0.850. The second-order valence-electron chi connectivity index (χ2n) is 7.19. The number of rotatable bonds is 3. The van der Waals surface area contributed by atoms with E-state index in [1.54, 1.807) is 0 Å². The molecule has 2 fully saturated rings. The van der Waals surface area contributed by atoms with Crippen molar-refractivity contribution in [2.24, 2.45) is 5.92 Å². The van der Waals surface area contributed by atoms with E-state index in [1.165, 1.54) is 12.8 Å². The van der Waals surface area contributed by atoms with E-state index >= 15 is 0 Å². The molecule has 0 saturated carbocycles. The predicted molar refractivity (Wildman–Crippen MR) is 79.1 cm³/mol. The Kier molecular flexibility index (Phi) is 4.58. The highest BCUT2D eigenvalue weighted by atomic mass is 32.2. The molecule has 2 atom stereocenters. The average Bonchev–Trinajstić information content (AvgIpc) is 2.67. The SMILES string of the molecule is CC(C)(C)NCC1CCCN(C2CCS(=O)(=O)C2)C1. The first-order valence-corrected chi connectivity index (χ1v) is 9.27. The van der Waals surface area contributed by atoms with E-state index in [-0.39, 0.29) is 11.6 Å². The molecule has 0 radical (unpaired) electrons. The van der Waals surface area contributed by atoms with Crippen molar-refractivity contribution in [1.29, 1.82) is 0 Å². The van der Waals surface area contributed by atoms with Crippen LogP contribution in [0.3, 0.4) is 0 Å². The molecule has 0 aromatic carbocycles. The van der Waals surface area contributed by atoms with Gasteiger partial charge in [-0.2, -0.15) is 0 Å². The molecule has 0 aromatic heterocycles. The minimum atomic E-state index is -2.76. The van der Waals surface area contributed by atoms with Crippen LogP contribution in [0.2, 0.25) is 0 Å². The fraction of sp³-hybridized carbons (Fsp3) is 1.00. The number of nitrogens with zero attached hydrogens (tertiary/aromatic N) is 1. The monoisotopic (exact) mass is 288 g/mol. The van der Waals surface area contributed by atoms with Gasteiger partial charge in [0.2, 0.25) is 0 Å². The van der Waals surface area contributed by atoms with Crippen LogP contribution >= 0.6 is 0 Å². The van der Waals surface area contributed by atoms with Crippen molar-refractivity contribution < 1.29 is 8.42 Å². The maximum absolute atomic E-state index is 11.6. The van der Waals surface area contributed by atoms with Gasteiger partial charge in [-0.3, -0.25) is 4.90 Å². The summed E-state index contributed by atoms with van der Waals surface area (Å²) in [4.78, 5) is 2.42. The summed E-state index contributed by atoms with van der Waals surface area (Å²) in [6, 6.07) is 0.280. The van der Waals surface area contributed by atoms with E-state index < -0.39 is 9.84 Å². The number of hydrogen-bond acceptors (Lipinski definition) is 4. The third-order valence-corrected chi connectivity index (χ3v) is 5.95. The molecule has 0 aromatic rings. The summed E-state index contributed by atoms with van der Waals surface area (Å²) in [5.74, 6) is 1.43. The zero-order chi connectivity index (χ0) is 14.1. The van der Waals surface area contributed by atoms with Gasteiger partial charge in [0, 0.05) is 18.1 Å². The summed E-state index contributed by atoms with van der Waals surface area (Å²) in [7, 11) is -2.76. The van der Waals surface area contributed by atoms with Crippen molar-refractivity contribution in [2.45, 2.75) is 51.6 Å². The fourth-order valence-corrected chi connectivity index (χ4v) is 4.87. The van der Waals surface area contributed by atoms with Gasteiger partial charge in [-0.15, -0.1) is 0 Å². The van der Waals surface area contributed by atoms with E-state index in [2.05, 4.69) is 31.0 Å². The highest BCUT2D eigenvalue weighted by Gasteiger charge is 2.34. The minimum absolute atomic E-state index is 0.166. The van der Waals surface area contributed by atoms with Crippen LogP contribution in [0.5, 0.6) is 0 Å². The molecular weight excluding hydrogens is 260 g/mol. The van der Waals surface area contributed by atoms with Crippen molar-refractivity contribution in [3.63, 3.8) is 0 Å². The topological polar surface area (TPSA) is 49.4 Å². The summed E-state index contributed by atoms with van der Waals surface area (Å²) >= 11 is 0. The average molecular weight is 288 g/mol. The van der Waals surface area contributed by atoms with Gasteiger partial charge in [0.05, 0.1) is 11.5 Å². The van der Waals surface area contributed by atoms with Crippen molar-refractivity contribution in [3.8, 4) is 0 Å². The van der Waals surface area contributed by atoms with Gasteiger partial charge < -0.3 is 5.32 Å². The third kappa shape index (κ3) is 4.72. The Hall–Kier alpha value is -0.130. The summed E-state index contributed by atoms with van der Waals surface area (Å²) < 4.78 is 23.2. The van der Waals surface area contributed by atoms with Crippen molar-refractivity contribution in [1.82, 2.24) is 10.2 Å². The van der Waals surface area contributed by atoms with Crippen LogP contribution in [0.25, 0.3) is 0 Å². The van der Waals surface area contributed by atoms with Gasteiger partial charge in [-0.25, -0.2) is 8.42 Å². The summed E-state index contributed by atoms with van der Waals surface area (Å²) in [5.41, 5.74) is 0.166. The molecular formula is C14H28N2O2S. The molecule has 2 rings (SSSR count). The molecule has 4 nitrogen and oxygen atoms in total. The molecule has 19 heavy (non-hydrogen) atoms. The smallest absolute Gasteiger partial charge is 0.151 e. The lowest BCUT2D eigenvalue weighted by atomic mass is 9.95. The Morgan fingerprint density at radius 2 is 2.00 bits per heavy atom. The standard InChI is InChI=1S/C14H28N2O2S/c1-14(2,3)15-9-12-5-4-7-16(10-12)13-6-8-19(17,18)11-13/h12-13,15H,4-11H2,1-3H3. The molecule has 1 N–H and O–H groups in total. The van der Waals surface area contributed by atoms with E-state index in [0.29, 0.717) is 17.4 Å². The van der Waals surface area contributed by atoms with Crippen molar-refractivity contribution >= 4 is 9.84 Å². The Morgan fingerprint density at radius 3 is 2.58 bits per heavy atom. The van der Waals surface area contributed by atoms with Crippen LogP contribution < -0.4 is 5.32 Å². The Bertz CT molecular complexity index is 400. The highest BCUT2D eigenvalue weighted by Crippen LogP contribution is 2.24. The molecule has 2 aliphatic heterocycles. The summed E-state index contributed by atoms with van der Waals surface area (Å²) in [6.45, 7) is 9.75. The highest BCUT2D eigenvalue weighted by molar-refractivity contribution is 7.91. The molecule has 0 amide bonds. The molecule has 2 heterocycles. The van der Waals surface area contributed by atoms with Crippen LogP contribution in [0, 0.1) is 5.92 Å². The van der Waals surface area contributed by atoms with E-state index in [0.717, 1.165) is 26.1 Å². The molecule has 0 aliphatic carbocycles. The normalized spacial score (nSPS) is 32.6. The number of nitrogens with one attached hydrogen (secondary N) is 1. The van der Waals surface area contributed by atoms with Crippen LogP contribution in [0.1, 0.15) is 40.0 Å². The number of hydrogen-bond donors (Lipinski definition) is 1. The zero-order valence-corrected chi connectivity index (χ0v) is 13.3. The Morgan fingerprint density at radius 1 is 1.26 bits per heavy atom. The first-order valence-electron chi connectivity index (χ1n) is 7.45. The lowest BCUT2D eigenvalue weighted by Crippen LogP contribution is -2.47. The second-order valence-corrected chi connectivity index (χ2v) is 9.42. The molecule has 2 aliphatic rings. The van der Waals surface area contributed by atoms with Gasteiger partial charge >= 0.3 is 0 Å². The van der Waals surface area contributed by atoms with Crippen molar-refractivity contribution in [3.05, 3.63) is 0 Å². The van der Waals surface area contributed by atoms with Gasteiger partial charge in [-0.1, -0.05) is 0 Å². The molecule has 5 heteroatoms. The van der Waals surface area contributed by atoms with Gasteiger partial charge in [0.1, 0.15) is 0 Å². The third-order valence-electron chi connectivity index (χ3n) is 4.20. The second kappa shape index (κ2) is 5.70. The Labute approximate surface area is 117 Å². The van der Waals surface area contributed by atoms with E-state index in [4.69, 9.17) is 0 Å². The number of sulfone groups is 1. The van der Waals surface area contributed by atoms with Crippen LogP contribution in [0.4, 0.5) is 0 Å².